The molecule has 1 aliphatic heterocycles. The molecule has 0 amide bonds. The fourth-order valence-corrected chi connectivity index (χ4v) is 2.77. The Labute approximate surface area is 113 Å². The molecular weight excluding hydrogens is 237 g/mol. The van der Waals surface area contributed by atoms with Crippen LogP contribution in [0.15, 0.2) is 42.5 Å². The summed E-state index contributed by atoms with van der Waals surface area (Å²) >= 11 is 0. The van der Waals surface area contributed by atoms with E-state index in [9.17, 15) is 4.39 Å². The van der Waals surface area contributed by atoms with Gasteiger partial charge in [0.1, 0.15) is 5.82 Å². The van der Waals surface area contributed by atoms with Crippen molar-refractivity contribution in [1.29, 1.82) is 0 Å². The molecule has 0 atom stereocenters. The lowest BCUT2D eigenvalue weighted by Crippen LogP contribution is -2.30. The van der Waals surface area contributed by atoms with E-state index >= 15 is 0 Å². The zero-order valence-corrected chi connectivity index (χ0v) is 11.2. The van der Waals surface area contributed by atoms with Gasteiger partial charge in [-0.15, -0.1) is 0 Å². The Bertz CT molecular complexity index is 592. The predicted octanol–water partition coefficient (Wildman–Crippen LogP) is 3.69. The van der Waals surface area contributed by atoms with Gasteiger partial charge in [0.05, 0.1) is 0 Å². The summed E-state index contributed by atoms with van der Waals surface area (Å²) in [6.45, 7) is 4.96. The third-order valence-corrected chi connectivity index (χ3v) is 3.91. The zero-order valence-electron chi connectivity index (χ0n) is 11.2. The summed E-state index contributed by atoms with van der Waals surface area (Å²) in [6.07, 6.45) is 1.11. The molecule has 0 saturated carbocycles. The fraction of sp³-hybridized carbons (Fsp3) is 0.294. The minimum Gasteiger partial charge on any atom is -0.294 e. The van der Waals surface area contributed by atoms with Crippen LogP contribution in [0, 0.1) is 12.7 Å². The Hall–Kier alpha value is -1.67. The van der Waals surface area contributed by atoms with Crippen LogP contribution in [0.1, 0.15) is 22.3 Å². The topological polar surface area (TPSA) is 3.24 Å². The van der Waals surface area contributed by atoms with Crippen LogP contribution in [0.2, 0.25) is 0 Å². The molecule has 1 aliphatic rings. The van der Waals surface area contributed by atoms with E-state index in [1.165, 1.54) is 16.7 Å². The van der Waals surface area contributed by atoms with Crippen LogP contribution in [0.5, 0.6) is 0 Å². The Morgan fingerprint density at radius 2 is 1.89 bits per heavy atom. The van der Waals surface area contributed by atoms with Crippen LogP contribution in [0.4, 0.5) is 4.39 Å². The number of aryl methyl sites for hydroxylation is 1. The van der Waals surface area contributed by atoms with Crippen LogP contribution in [0.25, 0.3) is 0 Å². The van der Waals surface area contributed by atoms with E-state index in [0.29, 0.717) is 0 Å². The molecular formula is C17H18FN. The number of nitrogens with zero attached hydrogens (tertiary/aromatic N) is 1. The van der Waals surface area contributed by atoms with Gasteiger partial charge in [-0.1, -0.05) is 30.3 Å². The highest BCUT2D eigenvalue weighted by Crippen LogP contribution is 2.21. The molecule has 0 aromatic heterocycles. The standard InChI is InChI=1S/C17H18FN/c1-13-10-17(18)7-6-15(13)11-19-9-8-14-4-2-3-5-16(14)12-19/h2-7,10H,8-9,11-12H2,1H3. The third kappa shape index (κ3) is 2.69. The van der Waals surface area contributed by atoms with Gasteiger partial charge >= 0.3 is 0 Å². The SMILES string of the molecule is Cc1cc(F)ccc1CN1CCc2ccccc2C1. The first kappa shape index (κ1) is 12.4. The minimum atomic E-state index is -0.148. The average molecular weight is 255 g/mol. The van der Waals surface area contributed by atoms with Gasteiger partial charge in [-0.25, -0.2) is 4.39 Å². The van der Waals surface area contributed by atoms with Gasteiger partial charge in [-0.2, -0.15) is 0 Å². The highest BCUT2D eigenvalue weighted by atomic mass is 19.1. The molecule has 0 saturated heterocycles. The van der Waals surface area contributed by atoms with Crippen molar-refractivity contribution in [2.24, 2.45) is 0 Å². The Morgan fingerprint density at radius 1 is 1.11 bits per heavy atom. The van der Waals surface area contributed by atoms with Crippen molar-refractivity contribution < 1.29 is 4.39 Å². The summed E-state index contributed by atoms with van der Waals surface area (Å²) in [4.78, 5) is 2.43. The normalized spacial score (nSPS) is 15.3. The second kappa shape index (κ2) is 5.14. The number of rotatable bonds is 2. The van der Waals surface area contributed by atoms with Gasteiger partial charge in [0.2, 0.25) is 0 Å². The average Bonchev–Trinajstić information content (AvgIpc) is 2.42. The van der Waals surface area contributed by atoms with Crippen LogP contribution < -0.4 is 0 Å². The molecule has 3 rings (SSSR count). The van der Waals surface area contributed by atoms with E-state index in [1.807, 2.05) is 13.0 Å². The molecule has 0 bridgehead atoms. The molecule has 0 unspecified atom stereocenters. The molecule has 98 valence electrons. The molecule has 2 heteroatoms. The van der Waals surface area contributed by atoms with Gasteiger partial charge in [-0.05, 0) is 47.7 Å². The monoisotopic (exact) mass is 255 g/mol. The van der Waals surface area contributed by atoms with E-state index < -0.39 is 0 Å². The molecule has 1 nitrogen and oxygen atoms in total. The molecule has 1 heterocycles. The number of fused-ring (bicyclic) bond motifs is 1. The summed E-state index contributed by atoms with van der Waals surface area (Å²) in [5, 5.41) is 0. The van der Waals surface area contributed by atoms with Gasteiger partial charge in [0.25, 0.3) is 0 Å². The van der Waals surface area contributed by atoms with E-state index in [0.717, 1.165) is 31.6 Å². The van der Waals surface area contributed by atoms with Crippen LogP contribution in [-0.4, -0.2) is 11.4 Å². The van der Waals surface area contributed by atoms with Crippen LogP contribution >= 0.6 is 0 Å². The number of halogens is 1. The third-order valence-electron chi connectivity index (χ3n) is 3.91. The van der Waals surface area contributed by atoms with Gasteiger partial charge in [0, 0.05) is 19.6 Å². The highest BCUT2D eigenvalue weighted by Gasteiger charge is 2.16. The van der Waals surface area contributed by atoms with Crippen molar-refractivity contribution >= 4 is 0 Å². The summed E-state index contributed by atoms with van der Waals surface area (Å²) in [6, 6.07) is 13.7. The maximum Gasteiger partial charge on any atom is 0.123 e. The smallest absolute Gasteiger partial charge is 0.123 e. The summed E-state index contributed by atoms with van der Waals surface area (Å²) < 4.78 is 13.1. The quantitative estimate of drug-likeness (QED) is 0.791. The van der Waals surface area contributed by atoms with E-state index in [4.69, 9.17) is 0 Å². The van der Waals surface area contributed by atoms with E-state index in [-0.39, 0.29) is 5.82 Å². The first-order valence-electron chi connectivity index (χ1n) is 6.76. The highest BCUT2D eigenvalue weighted by molar-refractivity contribution is 5.30. The van der Waals surface area contributed by atoms with Crippen molar-refractivity contribution in [2.45, 2.75) is 26.4 Å². The molecule has 2 aromatic carbocycles. The van der Waals surface area contributed by atoms with Crippen molar-refractivity contribution in [2.75, 3.05) is 6.54 Å². The van der Waals surface area contributed by atoms with Gasteiger partial charge in [0.15, 0.2) is 0 Å². The summed E-state index contributed by atoms with van der Waals surface area (Å²) in [5.74, 6) is -0.148. The largest absolute Gasteiger partial charge is 0.294 e. The van der Waals surface area contributed by atoms with Crippen molar-refractivity contribution in [3.8, 4) is 0 Å². The van der Waals surface area contributed by atoms with E-state index in [1.54, 1.807) is 12.1 Å². The van der Waals surface area contributed by atoms with Crippen LogP contribution in [0.3, 0.4) is 0 Å². The lowest BCUT2D eigenvalue weighted by atomic mass is 9.99. The number of benzene rings is 2. The van der Waals surface area contributed by atoms with E-state index in [2.05, 4.69) is 29.2 Å². The molecule has 0 spiro atoms. The lowest BCUT2D eigenvalue weighted by Gasteiger charge is -2.29. The second-order valence-corrected chi connectivity index (χ2v) is 5.30. The number of hydrogen-bond acceptors (Lipinski definition) is 1. The fourth-order valence-electron chi connectivity index (χ4n) is 2.77. The molecule has 0 aliphatic carbocycles. The number of hydrogen-bond donors (Lipinski definition) is 0. The Morgan fingerprint density at radius 3 is 2.68 bits per heavy atom. The maximum absolute atomic E-state index is 13.1. The molecule has 0 N–H and O–H groups in total. The molecule has 0 fully saturated rings. The van der Waals surface area contributed by atoms with Crippen molar-refractivity contribution in [3.63, 3.8) is 0 Å². The first-order valence-corrected chi connectivity index (χ1v) is 6.76. The molecule has 19 heavy (non-hydrogen) atoms. The first-order chi connectivity index (χ1) is 9.22. The van der Waals surface area contributed by atoms with Crippen molar-refractivity contribution in [3.05, 3.63) is 70.5 Å². The molecule has 2 aromatic rings. The summed E-state index contributed by atoms with van der Waals surface area (Å²) in [7, 11) is 0. The maximum atomic E-state index is 13.1. The molecule has 0 radical (unpaired) electrons. The van der Waals surface area contributed by atoms with Gasteiger partial charge in [-0.3, -0.25) is 4.90 Å². The van der Waals surface area contributed by atoms with Crippen molar-refractivity contribution in [1.82, 2.24) is 4.90 Å². The zero-order chi connectivity index (χ0) is 13.2. The van der Waals surface area contributed by atoms with Crippen LogP contribution in [-0.2, 0) is 19.5 Å². The Kier molecular flexibility index (Phi) is 3.34. The van der Waals surface area contributed by atoms with Gasteiger partial charge < -0.3 is 0 Å². The second-order valence-electron chi connectivity index (χ2n) is 5.30. The predicted molar refractivity (Wildman–Crippen MR) is 75.4 cm³/mol. The Balaban J connectivity index is 1.75. The minimum absolute atomic E-state index is 0.148. The summed E-state index contributed by atoms with van der Waals surface area (Å²) in [5.41, 5.74) is 5.16. The lowest BCUT2D eigenvalue weighted by molar-refractivity contribution is 0.245.